The van der Waals surface area contributed by atoms with Gasteiger partial charge in [0.2, 0.25) is 5.91 Å². The third kappa shape index (κ3) is 2.99. The predicted molar refractivity (Wildman–Crippen MR) is 77.5 cm³/mol. The van der Waals surface area contributed by atoms with Crippen molar-refractivity contribution in [2.75, 3.05) is 11.9 Å². The van der Waals surface area contributed by atoms with Gasteiger partial charge in [0.05, 0.1) is 11.6 Å². The van der Waals surface area contributed by atoms with Gasteiger partial charge in [-0.25, -0.2) is 0 Å². The molecule has 1 unspecified atom stereocenters. The van der Waals surface area contributed by atoms with E-state index in [9.17, 15) is 4.79 Å². The average molecular weight is 273 g/mol. The number of fused-ring (bicyclic) bond motifs is 1. The van der Waals surface area contributed by atoms with Crippen molar-refractivity contribution in [1.29, 1.82) is 0 Å². The van der Waals surface area contributed by atoms with Gasteiger partial charge in [-0.15, -0.1) is 0 Å². The number of carbonyl (C=O) groups is 1. The van der Waals surface area contributed by atoms with Gasteiger partial charge in [-0.3, -0.25) is 9.89 Å². The van der Waals surface area contributed by atoms with Crippen molar-refractivity contribution >= 4 is 22.6 Å². The van der Waals surface area contributed by atoms with Crippen molar-refractivity contribution in [3.05, 3.63) is 24.3 Å². The SMILES string of the molecule is O=C(CCC1CCCCO1)Nc1n[nH]c2ccccc12. The lowest BCUT2D eigenvalue weighted by Crippen LogP contribution is -2.21. The van der Waals surface area contributed by atoms with Gasteiger partial charge in [-0.1, -0.05) is 12.1 Å². The summed E-state index contributed by atoms with van der Waals surface area (Å²) in [7, 11) is 0. The van der Waals surface area contributed by atoms with E-state index in [1.54, 1.807) is 0 Å². The number of nitrogens with one attached hydrogen (secondary N) is 2. The molecule has 0 aliphatic carbocycles. The summed E-state index contributed by atoms with van der Waals surface area (Å²) in [6.07, 6.45) is 4.92. The molecule has 1 aliphatic rings. The number of benzene rings is 1. The first-order chi connectivity index (χ1) is 9.83. The molecule has 20 heavy (non-hydrogen) atoms. The number of hydrogen-bond donors (Lipinski definition) is 2. The molecule has 0 radical (unpaired) electrons. The molecular weight excluding hydrogens is 254 g/mol. The minimum absolute atomic E-state index is 0.00331. The lowest BCUT2D eigenvalue weighted by Gasteiger charge is -2.22. The minimum atomic E-state index is -0.00331. The van der Waals surface area contributed by atoms with Crippen LogP contribution in [0.5, 0.6) is 0 Å². The Morgan fingerprint density at radius 2 is 2.30 bits per heavy atom. The van der Waals surface area contributed by atoms with Gasteiger partial charge in [0.15, 0.2) is 5.82 Å². The van der Waals surface area contributed by atoms with Crippen molar-refractivity contribution in [1.82, 2.24) is 10.2 Å². The van der Waals surface area contributed by atoms with Crippen LogP contribution in [0.4, 0.5) is 5.82 Å². The number of aromatic nitrogens is 2. The van der Waals surface area contributed by atoms with E-state index in [1.807, 2.05) is 24.3 Å². The Morgan fingerprint density at radius 3 is 3.15 bits per heavy atom. The minimum Gasteiger partial charge on any atom is -0.378 e. The number of hydrogen-bond acceptors (Lipinski definition) is 3. The molecule has 1 aromatic heterocycles. The van der Waals surface area contributed by atoms with E-state index in [2.05, 4.69) is 15.5 Å². The van der Waals surface area contributed by atoms with E-state index in [0.717, 1.165) is 36.8 Å². The standard InChI is InChI=1S/C15H19N3O2/c19-14(9-8-11-5-3-4-10-20-11)16-15-12-6-1-2-7-13(12)17-18-15/h1-2,6-7,11H,3-5,8-10H2,(H2,16,17,18,19). The summed E-state index contributed by atoms with van der Waals surface area (Å²) in [5, 5.41) is 10.9. The van der Waals surface area contributed by atoms with Crippen molar-refractivity contribution in [3.8, 4) is 0 Å². The maximum absolute atomic E-state index is 12.0. The third-order valence-corrected chi connectivity index (χ3v) is 3.70. The normalized spacial score (nSPS) is 19.1. The number of aromatic amines is 1. The van der Waals surface area contributed by atoms with Crippen molar-refractivity contribution in [2.45, 2.75) is 38.2 Å². The van der Waals surface area contributed by atoms with E-state index in [-0.39, 0.29) is 12.0 Å². The number of anilines is 1. The smallest absolute Gasteiger partial charge is 0.225 e. The Morgan fingerprint density at radius 1 is 1.40 bits per heavy atom. The van der Waals surface area contributed by atoms with E-state index in [1.165, 1.54) is 6.42 Å². The fourth-order valence-corrected chi connectivity index (χ4v) is 2.58. The highest BCUT2D eigenvalue weighted by Gasteiger charge is 2.16. The van der Waals surface area contributed by atoms with E-state index in [0.29, 0.717) is 12.2 Å². The Labute approximate surface area is 117 Å². The summed E-state index contributed by atoms with van der Waals surface area (Å²) < 4.78 is 5.63. The maximum Gasteiger partial charge on any atom is 0.225 e. The topological polar surface area (TPSA) is 67.0 Å². The number of carbonyl (C=O) groups excluding carboxylic acids is 1. The monoisotopic (exact) mass is 273 g/mol. The summed E-state index contributed by atoms with van der Waals surface area (Å²) in [5.74, 6) is 0.603. The van der Waals surface area contributed by atoms with E-state index in [4.69, 9.17) is 4.74 Å². The molecule has 1 fully saturated rings. The lowest BCUT2D eigenvalue weighted by atomic mass is 10.0. The van der Waals surface area contributed by atoms with Gasteiger partial charge < -0.3 is 10.1 Å². The van der Waals surface area contributed by atoms with Crippen molar-refractivity contribution < 1.29 is 9.53 Å². The molecule has 0 bridgehead atoms. The van der Waals surface area contributed by atoms with Crippen LogP contribution in [0.3, 0.4) is 0 Å². The Balaban J connectivity index is 1.55. The van der Waals surface area contributed by atoms with Gasteiger partial charge in [-0.2, -0.15) is 5.10 Å². The van der Waals surface area contributed by atoms with Crippen LogP contribution in [0.1, 0.15) is 32.1 Å². The Bertz CT molecular complexity index is 588. The number of nitrogens with zero attached hydrogens (tertiary/aromatic N) is 1. The summed E-state index contributed by atoms with van der Waals surface area (Å²) in [6, 6.07) is 7.75. The zero-order valence-electron chi connectivity index (χ0n) is 11.4. The summed E-state index contributed by atoms with van der Waals surface area (Å²) in [5.41, 5.74) is 0.929. The zero-order chi connectivity index (χ0) is 13.8. The molecule has 1 atom stereocenters. The van der Waals surface area contributed by atoms with Gasteiger partial charge in [0.25, 0.3) is 0 Å². The molecule has 0 spiro atoms. The molecule has 5 nitrogen and oxygen atoms in total. The molecule has 2 N–H and O–H groups in total. The van der Waals surface area contributed by atoms with Gasteiger partial charge in [-0.05, 0) is 37.8 Å². The summed E-state index contributed by atoms with van der Waals surface area (Å²) in [4.78, 5) is 12.0. The first kappa shape index (κ1) is 13.1. The predicted octanol–water partition coefficient (Wildman–Crippen LogP) is 2.85. The van der Waals surface area contributed by atoms with Crippen LogP contribution >= 0.6 is 0 Å². The van der Waals surface area contributed by atoms with Crippen LogP contribution in [0.15, 0.2) is 24.3 Å². The van der Waals surface area contributed by atoms with Crippen LogP contribution in [-0.2, 0) is 9.53 Å². The molecule has 2 aromatic rings. The second kappa shape index (κ2) is 6.05. The van der Waals surface area contributed by atoms with E-state index >= 15 is 0 Å². The van der Waals surface area contributed by atoms with Crippen LogP contribution in [-0.4, -0.2) is 28.8 Å². The number of para-hydroxylation sites is 1. The molecule has 1 amide bonds. The fraction of sp³-hybridized carbons (Fsp3) is 0.467. The lowest BCUT2D eigenvalue weighted by molar-refractivity contribution is -0.117. The van der Waals surface area contributed by atoms with Crippen LogP contribution < -0.4 is 5.32 Å². The Hall–Kier alpha value is -1.88. The second-order valence-electron chi connectivity index (χ2n) is 5.19. The summed E-state index contributed by atoms with van der Waals surface area (Å²) in [6.45, 7) is 0.830. The molecule has 1 saturated heterocycles. The molecule has 106 valence electrons. The number of H-pyrrole nitrogens is 1. The average Bonchev–Trinajstić information content (AvgIpc) is 2.90. The molecule has 3 rings (SSSR count). The van der Waals surface area contributed by atoms with E-state index < -0.39 is 0 Å². The summed E-state index contributed by atoms with van der Waals surface area (Å²) >= 11 is 0. The fourth-order valence-electron chi connectivity index (χ4n) is 2.58. The quantitative estimate of drug-likeness (QED) is 0.900. The van der Waals surface area contributed by atoms with Gasteiger partial charge in [0, 0.05) is 18.4 Å². The first-order valence-electron chi connectivity index (χ1n) is 7.17. The largest absolute Gasteiger partial charge is 0.378 e. The molecule has 1 aliphatic heterocycles. The molecule has 1 aromatic carbocycles. The van der Waals surface area contributed by atoms with Crippen LogP contribution in [0, 0.1) is 0 Å². The second-order valence-corrected chi connectivity index (χ2v) is 5.19. The zero-order valence-corrected chi connectivity index (χ0v) is 11.4. The third-order valence-electron chi connectivity index (χ3n) is 3.70. The van der Waals surface area contributed by atoms with Crippen molar-refractivity contribution in [2.24, 2.45) is 0 Å². The number of ether oxygens (including phenoxy) is 1. The first-order valence-corrected chi connectivity index (χ1v) is 7.17. The van der Waals surface area contributed by atoms with Gasteiger partial charge in [0.1, 0.15) is 0 Å². The molecule has 5 heteroatoms. The molecule has 2 heterocycles. The highest BCUT2D eigenvalue weighted by atomic mass is 16.5. The van der Waals surface area contributed by atoms with Crippen molar-refractivity contribution in [3.63, 3.8) is 0 Å². The van der Waals surface area contributed by atoms with Crippen LogP contribution in [0.25, 0.3) is 10.9 Å². The molecular formula is C15H19N3O2. The Kier molecular flexibility index (Phi) is 3.97. The van der Waals surface area contributed by atoms with Gasteiger partial charge >= 0.3 is 0 Å². The highest BCUT2D eigenvalue weighted by Crippen LogP contribution is 2.21. The van der Waals surface area contributed by atoms with Crippen LogP contribution in [0.2, 0.25) is 0 Å². The number of rotatable bonds is 4. The highest BCUT2D eigenvalue weighted by molar-refractivity contribution is 5.99. The number of amides is 1. The molecule has 0 saturated carbocycles. The maximum atomic E-state index is 12.0.